The molecule has 0 bridgehead atoms. The summed E-state index contributed by atoms with van der Waals surface area (Å²) >= 11 is 0. The number of hydrogen-bond acceptors (Lipinski definition) is 2. The molecule has 0 heterocycles. The second-order valence-corrected chi connectivity index (χ2v) is 5.42. The Morgan fingerprint density at radius 3 is 2.68 bits per heavy atom. The molecule has 2 rings (SSSR count). The van der Waals surface area contributed by atoms with Crippen molar-refractivity contribution in [3.63, 3.8) is 0 Å². The van der Waals surface area contributed by atoms with Crippen LogP contribution >= 0.6 is 0 Å². The Bertz CT molecular complexity index is 498. The van der Waals surface area contributed by atoms with Crippen LogP contribution in [0.15, 0.2) is 18.2 Å². The SMILES string of the molecule is CC(NC(=O)C(C)(N)C1CC1)c1cc(F)ccc1F. The Morgan fingerprint density at radius 1 is 1.47 bits per heavy atom. The Kier molecular flexibility index (Phi) is 3.58. The maximum Gasteiger partial charge on any atom is 0.240 e. The Hall–Kier alpha value is -1.49. The zero-order valence-electron chi connectivity index (χ0n) is 11.0. The van der Waals surface area contributed by atoms with Gasteiger partial charge in [0.25, 0.3) is 0 Å². The molecule has 3 N–H and O–H groups in total. The van der Waals surface area contributed by atoms with Gasteiger partial charge in [0.1, 0.15) is 11.6 Å². The first-order chi connectivity index (χ1) is 8.82. The quantitative estimate of drug-likeness (QED) is 0.880. The second kappa shape index (κ2) is 4.89. The van der Waals surface area contributed by atoms with Crippen LogP contribution in [-0.4, -0.2) is 11.4 Å². The summed E-state index contributed by atoms with van der Waals surface area (Å²) in [6.07, 6.45) is 1.87. The van der Waals surface area contributed by atoms with Gasteiger partial charge in [-0.2, -0.15) is 0 Å². The maximum atomic E-state index is 13.6. The number of carbonyl (C=O) groups is 1. The molecule has 1 aromatic carbocycles. The maximum absolute atomic E-state index is 13.6. The molecule has 0 radical (unpaired) electrons. The number of halogens is 2. The van der Waals surface area contributed by atoms with Gasteiger partial charge in [0.15, 0.2) is 0 Å². The van der Waals surface area contributed by atoms with Crippen molar-refractivity contribution in [1.29, 1.82) is 0 Å². The molecule has 0 spiro atoms. The molecular weight excluding hydrogens is 250 g/mol. The lowest BCUT2D eigenvalue weighted by molar-refractivity contribution is -0.127. The van der Waals surface area contributed by atoms with Gasteiger partial charge in [-0.1, -0.05) is 0 Å². The van der Waals surface area contributed by atoms with Gasteiger partial charge in [0.05, 0.1) is 11.6 Å². The van der Waals surface area contributed by atoms with Crippen LogP contribution in [0, 0.1) is 17.6 Å². The minimum Gasteiger partial charge on any atom is -0.348 e. The van der Waals surface area contributed by atoms with Crippen LogP contribution in [0.4, 0.5) is 8.78 Å². The lowest BCUT2D eigenvalue weighted by atomic mass is 9.95. The van der Waals surface area contributed by atoms with Crippen LogP contribution in [0.3, 0.4) is 0 Å². The Morgan fingerprint density at radius 2 is 2.11 bits per heavy atom. The molecule has 1 saturated carbocycles. The van der Waals surface area contributed by atoms with E-state index in [1.54, 1.807) is 13.8 Å². The monoisotopic (exact) mass is 268 g/mol. The van der Waals surface area contributed by atoms with Crippen molar-refractivity contribution in [2.45, 2.75) is 38.3 Å². The molecule has 0 saturated heterocycles. The van der Waals surface area contributed by atoms with Crippen molar-refractivity contribution in [2.24, 2.45) is 11.7 Å². The van der Waals surface area contributed by atoms with Crippen LogP contribution in [0.1, 0.15) is 38.3 Å². The predicted molar refractivity (Wildman–Crippen MR) is 68.2 cm³/mol. The highest BCUT2D eigenvalue weighted by molar-refractivity contribution is 5.86. The fourth-order valence-electron chi connectivity index (χ4n) is 2.14. The summed E-state index contributed by atoms with van der Waals surface area (Å²) in [5.74, 6) is -1.22. The number of nitrogens with two attached hydrogens (primary N) is 1. The summed E-state index contributed by atoms with van der Waals surface area (Å²) in [5.41, 5.74) is 5.16. The minimum atomic E-state index is -0.946. The minimum absolute atomic E-state index is 0.125. The third kappa shape index (κ3) is 2.92. The molecule has 1 aliphatic carbocycles. The molecule has 1 aliphatic rings. The van der Waals surface area contributed by atoms with E-state index in [-0.39, 0.29) is 17.4 Å². The molecule has 0 aliphatic heterocycles. The van der Waals surface area contributed by atoms with Crippen LogP contribution in [0.2, 0.25) is 0 Å². The third-order valence-corrected chi connectivity index (χ3v) is 3.69. The van der Waals surface area contributed by atoms with Gasteiger partial charge < -0.3 is 11.1 Å². The second-order valence-electron chi connectivity index (χ2n) is 5.42. The molecule has 19 heavy (non-hydrogen) atoms. The van der Waals surface area contributed by atoms with Gasteiger partial charge in [-0.25, -0.2) is 8.78 Å². The molecule has 5 heteroatoms. The van der Waals surface area contributed by atoms with E-state index in [1.807, 2.05) is 0 Å². The van der Waals surface area contributed by atoms with Gasteiger partial charge in [-0.3, -0.25) is 4.79 Å². The van der Waals surface area contributed by atoms with Gasteiger partial charge in [0, 0.05) is 5.56 Å². The van der Waals surface area contributed by atoms with Crippen LogP contribution in [0.5, 0.6) is 0 Å². The topological polar surface area (TPSA) is 55.1 Å². The van der Waals surface area contributed by atoms with E-state index < -0.39 is 23.2 Å². The number of nitrogens with one attached hydrogen (secondary N) is 1. The fraction of sp³-hybridized carbons (Fsp3) is 0.500. The lowest BCUT2D eigenvalue weighted by Gasteiger charge is -2.26. The van der Waals surface area contributed by atoms with Crippen molar-refractivity contribution >= 4 is 5.91 Å². The number of hydrogen-bond donors (Lipinski definition) is 2. The Balaban J connectivity index is 2.10. The molecule has 1 aromatic rings. The van der Waals surface area contributed by atoms with Gasteiger partial charge in [-0.05, 0) is 50.8 Å². The summed E-state index contributed by atoms with van der Waals surface area (Å²) in [6, 6.07) is 2.57. The highest BCUT2D eigenvalue weighted by Gasteiger charge is 2.44. The largest absolute Gasteiger partial charge is 0.348 e. The molecule has 2 atom stereocenters. The molecular formula is C14H18F2N2O. The van der Waals surface area contributed by atoms with Crippen molar-refractivity contribution in [3.05, 3.63) is 35.4 Å². The van der Waals surface area contributed by atoms with E-state index in [2.05, 4.69) is 5.32 Å². The van der Waals surface area contributed by atoms with E-state index in [4.69, 9.17) is 5.73 Å². The molecule has 2 unspecified atom stereocenters. The van der Waals surface area contributed by atoms with Crippen molar-refractivity contribution < 1.29 is 13.6 Å². The summed E-state index contributed by atoms with van der Waals surface area (Å²) in [4.78, 5) is 12.1. The van der Waals surface area contributed by atoms with Crippen molar-refractivity contribution in [3.8, 4) is 0 Å². The van der Waals surface area contributed by atoms with Crippen molar-refractivity contribution in [1.82, 2.24) is 5.32 Å². The van der Waals surface area contributed by atoms with Crippen LogP contribution in [0.25, 0.3) is 0 Å². The molecule has 1 amide bonds. The third-order valence-electron chi connectivity index (χ3n) is 3.69. The first kappa shape index (κ1) is 13.9. The predicted octanol–water partition coefficient (Wildman–Crippen LogP) is 2.27. The highest BCUT2D eigenvalue weighted by atomic mass is 19.1. The van der Waals surface area contributed by atoms with Crippen LogP contribution in [-0.2, 0) is 4.79 Å². The smallest absolute Gasteiger partial charge is 0.240 e. The lowest BCUT2D eigenvalue weighted by Crippen LogP contribution is -2.53. The first-order valence-electron chi connectivity index (χ1n) is 6.37. The average molecular weight is 268 g/mol. The number of benzene rings is 1. The van der Waals surface area contributed by atoms with Crippen LogP contribution < -0.4 is 11.1 Å². The van der Waals surface area contributed by atoms with E-state index >= 15 is 0 Å². The normalized spacial score (nSPS) is 19.6. The van der Waals surface area contributed by atoms with E-state index in [1.165, 1.54) is 0 Å². The van der Waals surface area contributed by atoms with Gasteiger partial charge in [-0.15, -0.1) is 0 Å². The molecule has 1 fully saturated rings. The summed E-state index contributed by atoms with van der Waals surface area (Å²) in [5, 5.41) is 2.66. The van der Waals surface area contributed by atoms with E-state index in [0.29, 0.717) is 0 Å². The number of carbonyl (C=O) groups excluding carboxylic acids is 1. The van der Waals surface area contributed by atoms with Crippen molar-refractivity contribution in [2.75, 3.05) is 0 Å². The highest BCUT2D eigenvalue weighted by Crippen LogP contribution is 2.38. The zero-order chi connectivity index (χ0) is 14.2. The Labute approximate surface area is 111 Å². The van der Waals surface area contributed by atoms with Gasteiger partial charge >= 0.3 is 0 Å². The summed E-state index contributed by atoms with van der Waals surface area (Å²) in [7, 11) is 0. The average Bonchev–Trinajstić information content (AvgIpc) is 3.16. The zero-order valence-corrected chi connectivity index (χ0v) is 11.0. The molecule has 104 valence electrons. The molecule has 0 aromatic heterocycles. The van der Waals surface area contributed by atoms with E-state index in [9.17, 15) is 13.6 Å². The number of rotatable bonds is 4. The summed E-state index contributed by atoms with van der Waals surface area (Å²) in [6.45, 7) is 3.29. The summed E-state index contributed by atoms with van der Waals surface area (Å²) < 4.78 is 26.7. The fourth-order valence-corrected chi connectivity index (χ4v) is 2.14. The number of amides is 1. The molecule has 3 nitrogen and oxygen atoms in total. The van der Waals surface area contributed by atoms with Gasteiger partial charge in [0.2, 0.25) is 5.91 Å². The van der Waals surface area contributed by atoms with E-state index in [0.717, 1.165) is 31.0 Å². The standard InChI is InChI=1S/C14H18F2N2O/c1-8(11-7-10(15)5-6-12(11)16)18-13(19)14(2,17)9-3-4-9/h5-9H,3-4,17H2,1-2H3,(H,18,19). The first-order valence-corrected chi connectivity index (χ1v) is 6.37.